The molecule has 0 aliphatic heterocycles. The van der Waals surface area contributed by atoms with Crippen LogP contribution in [0.3, 0.4) is 0 Å². The Morgan fingerprint density at radius 2 is 1.86 bits per heavy atom. The number of unbranched alkanes of at least 4 members (excludes halogenated alkanes) is 5. The van der Waals surface area contributed by atoms with Gasteiger partial charge in [-0.15, -0.1) is 0 Å². The number of para-hydroxylation sites is 1. The maximum absolute atomic E-state index is 12.3. The maximum Gasteiger partial charge on any atom is 0.192 e. The lowest BCUT2D eigenvalue weighted by Gasteiger charge is -2.04. The molecule has 0 unspecified atom stereocenters. The number of aromatic nitrogens is 1. The van der Waals surface area contributed by atoms with Crippen LogP contribution in [0.1, 0.15) is 56.7 Å². The number of aromatic amines is 1. The van der Waals surface area contributed by atoms with Gasteiger partial charge < -0.3 is 4.98 Å². The summed E-state index contributed by atoms with van der Waals surface area (Å²) in [6.07, 6.45) is 11.8. The summed E-state index contributed by atoms with van der Waals surface area (Å²) in [5.74, 6) is 0. The van der Waals surface area contributed by atoms with Crippen molar-refractivity contribution in [1.29, 1.82) is 0 Å². The second-order valence-electron chi connectivity index (χ2n) is 5.64. The van der Waals surface area contributed by atoms with Gasteiger partial charge in [0, 0.05) is 22.2 Å². The molecule has 2 aromatic rings. The molecule has 21 heavy (non-hydrogen) atoms. The van der Waals surface area contributed by atoms with E-state index in [4.69, 9.17) is 0 Å². The van der Waals surface area contributed by atoms with Gasteiger partial charge in [-0.3, -0.25) is 4.79 Å². The lowest BCUT2D eigenvalue weighted by molar-refractivity contribution is 0.638. The van der Waals surface area contributed by atoms with Crippen molar-refractivity contribution in [2.45, 2.75) is 52.4 Å². The van der Waals surface area contributed by atoms with Crippen LogP contribution in [0.5, 0.6) is 0 Å². The SMILES string of the molecule is CCCCCCC/C=C\c1[nH]c2ccccc2c(=O)c1C. The Morgan fingerprint density at radius 1 is 1.10 bits per heavy atom. The molecule has 1 N–H and O–H groups in total. The quantitative estimate of drug-likeness (QED) is 0.695. The number of hydrogen-bond donors (Lipinski definition) is 1. The lowest BCUT2D eigenvalue weighted by atomic mass is 10.1. The molecule has 2 rings (SSSR count). The van der Waals surface area contributed by atoms with Crippen molar-refractivity contribution in [2.24, 2.45) is 0 Å². The third-order valence-electron chi connectivity index (χ3n) is 3.94. The lowest BCUT2D eigenvalue weighted by Crippen LogP contribution is -2.09. The van der Waals surface area contributed by atoms with E-state index >= 15 is 0 Å². The van der Waals surface area contributed by atoms with Gasteiger partial charge in [-0.25, -0.2) is 0 Å². The van der Waals surface area contributed by atoms with E-state index in [-0.39, 0.29) is 5.43 Å². The van der Waals surface area contributed by atoms with E-state index in [1.807, 2.05) is 31.2 Å². The van der Waals surface area contributed by atoms with E-state index in [0.29, 0.717) is 0 Å². The molecular formula is C19H25NO. The number of hydrogen-bond acceptors (Lipinski definition) is 1. The van der Waals surface area contributed by atoms with Crippen LogP contribution in [0.25, 0.3) is 17.0 Å². The van der Waals surface area contributed by atoms with E-state index < -0.39 is 0 Å². The van der Waals surface area contributed by atoms with Gasteiger partial charge in [0.1, 0.15) is 0 Å². The Kier molecular flexibility index (Phi) is 5.79. The molecule has 0 atom stereocenters. The topological polar surface area (TPSA) is 32.9 Å². The zero-order valence-corrected chi connectivity index (χ0v) is 13.1. The highest BCUT2D eigenvalue weighted by Gasteiger charge is 2.05. The second kappa shape index (κ2) is 7.82. The van der Waals surface area contributed by atoms with Gasteiger partial charge in [-0.2, -0.15) is 0 Å². The highest BCUT2D eigenvalue weighted by molar-refractivity contribution is 5.80. The van der Waals surface area contributed by atoms with Gasteiger partial charge >= 0.3 is 0 Å². The van der Waals surface area contributed by atoms with Crippen LogP contribution in [0.2, 0.25) is 0 Å². The maximum atomic E-state index is 12.3. The zero-order valence-electron chi connectivity index (χ0n) is 13.1. The van der Waals surface area contributed by atoms with Crippen LogP contribution in [0.4, 0.5) is 0 Å². The van der Waals surface area contributed by atoms with Gasteiger partial charge in [0.25, 0.3) is 0 Å². The molecule has 0 saturated heterocycles. The van der Waals surface area contributed by atoms with Gasteiger partial charge in [-0.05, 0) is 38.0 Å². The molecule has 112 valence electrons. The van der Waals surface area contributed by atoms with E-state index in [1.54, 1.807) is 0 Å². The van der Waals surface area contributed by atoms with E-state index in [0.717, 1.165) is 28.6 Å². The Morgan fingerprint density at radius 3 is 2.67 bits per heavy atom. The minimum absolute atomic E-state index is 0.131. The van der Waals surface area contributed by atoms with Crippen molar-refractivity contribution >= 4 is 17.0 Å². The zero-order chi connectivity index (χ0) is 15.1. The van der Waals surface area contributed by atoms with Crippen LogP contribution in [-0.4, -0.2) is 4.98 Å². The molecule has 0 saturated carbocycles. The average molecular weight is 283 g/mol. The number of H-pyrrole nitrogens is 1. The molecular weight excluding hydrogens is 258 g/mol. The molecule has 0 fully saturated rings. The number of allylic oxidation sites excluding steroid dienone is 1. The molecule has 0 spiro atoms. The second-order valence-corrected chi connectivity index (χ2v) is 5.64. The van der Waals surface area contributed by atoms with Crippen LogP contribution in [0, 0.1) is 6.92 Å². The first kappa shape index (κ1) is 15.6. The third-order valence-corrected chi connectivity index (χ3v) is 3.94. The molecule has 1 heterocycles. The number of fused-ring (bicyclic) bond motifs is 1. The number of pyridine rings is 1. The first-order chi connectivity index (χ1) is 10.2. The van der Waals surface area contributed by atoms with Gasteiger partial charge in [0.2, 0.25) is 0 Å². The van der Waals surface area contributed by atoms with Crippen molar-refractivity contribution in [3.8, 4) is 0 Å². The normalized spacial score (nSPS) is 11.5. The van der Waals surface area contributed by atoms with Gasteiger partial charge in [-0.1, -0.05) is 50.8 Å². The van der Waals surface area contributed by atoms with Crippen molar-refractivity contribution in [1.82, 2.24) is 4.98 Å². The summed E-state index contributed by atoms with van der Waals surface area (Å²) in [6.45, 7) is 4.13. The largest absolute Gasteiger partial charge is 0.355 e. The Balaban J connectivity index is 2.05. The summed E-state index contributed by atoms with van der Waals surface area (Å²) in [5, 5.41) is 0.770. The molecule has 0 aliphatic rings. The van der Waals surface area contributed by atoms with Crippen LogP contribution in [-0.2, 0) is 0 Å². The summed E-state index contributed by atoms with van der Waals surface area (Å²) in [5.41, 5.74) is 2.78. The van der Waals surface area contributed by atoms with Crippen LogP contribution in [0.15, 0.2) is 35.1 Å². The predicted octanol–water partition coefficient (Wildman–Crippen LogP) is 5.21. The highest BCUT2D eigenvalue weighted by atomic mass is 16.1. The Labute approximate surface area is 126 Å². The molecule has 0 aliphatic carbocycles. The number of benzene rings is 1. The van der Waals surface area contributed by atoms with Crippen molar-refractivity contribution in [3.05, 3.63) is 51.8 Å². The van der Waals surface area contributed by atoms with E-state index in [2.05, 4.69) is 24.1 Å². The summed E-state index contributed by atoms with van der Waals surface area (Å²) in [4.78, 5) is 15.7. The summed E-state index contributed by atoms with van der Waals surface area (Å²) < 4.78 is 0. The molecule has 0 bridgehead atoms. The Hall–Kier alpha value is -1.83. The highest BCUT2D eigenvalue weighted by Crippen LogP contribution is 2.13. The third kappa shape index (κ3) is 4.07. The molecule has 1 aromatic carbocycles. The smallest absolute Gasteiger partial charge is 0.192 e. The Bertz CT molecular complexity index is 667. The van der Waals surface area contributed by atoms with Gasteiger partial charge in [0.05, 0.1) is 0 Å². The average Bonchev–Trinajstić information content (AvgIpc) is 2.51. The van der Waals surface area contributed by atoms with Crippen LogP contribution < -0.4 is 5.43 Å². The first-order valence-corrected chi connectivity index (χ1v) is 8.02. The molecule has 2 heteroatoms. The van der Waals surface area contributed by atoms with Crippen molar-refractivity contribution < 1.29 is 0 Å². The van der Waals surface area contributed by atoms with E-state index in [1.165, 1.54) is 32.1 Å². The molecule has 0 amide bonds. The summed E-state index contributed by atoms with van der Waals surface area (Å²) in [6, 6.07) is 7.69. The van der Waals surface area contributed by atoms with Crippen LogP contribution >= 0.6 is 0 Å². The fraction of sp³-hybridized carbons (Fsp3) is 0.421. The monoisotopic (exact) mass is 283 g/mol. The molecule has 1 aromatic heterocycles. The first-order valence-electron chi connectivity index (χ1n) is 8.02. The van der Waals surface area contributed by atoms with E-state index in [9.17, 15) is 4.79 Å². The number of nitrogens with one attached hydrogen (secondary N) is 1. The van der Waals surface area contributed by atoms with Crippen molar-refractivity contribution in [3.63, 3.8) is 0 Å². The fourth-order valence-electron chi connectivity index (χ4n) is 2.59. The minimum Gasteiger partial charge on any atom is -0.355 e. The fourth-order valence-corrected chi connectivity index (χ4v) is 2.59. The predicted molar refractivity (Wildman–Crippen MR) is 91.7 cm³/mol. The summed E-state index contributed by atoms with van der Waals surface area (Å²) >= 11 is 0. The minimum atomic E-state index is 0.131. The standard InChI is InChI=1S/C19H25NO/c1-3-4-5-6-7-8-9-13-17-15(2)19(21)16-12-10-11-14-18(16)20-17/h9-14H,3-8H2,1-2H3,(H,20,21)/b13-9-. The van der Waals surface area contributed by atoms with Crippen molar-refractivity contribution in [2.75, 3.05) is 0 Å². The van der Waals surface area contributed by atoms with Gasteiger partial charge in [0.15, 0.2) is 5.43 Å². The number of rotatable bonds is 7. The molecule has 2 nitrogen and oxygen atoms in total. The summed E-state index contributed by atoms with van der Waals surface area (Å²) in [7, 11) is 0. The molecule has 0 radical (unpaired) electrons.